The molecule has 3 rings (SSSR count). The summed E-state index contributed by atoms with van der Waals surface area (Å²) in [5, 5.41) is 3.63. The second-order valence-electron chi connectivity index (χ2n) is 5.96. The molecule has 0 aliphatic heterocycles. The highest BCUT2D eigenvalue weighted by atomic mass is 35.5. The van der Waals surface area contributed by atoms with Crippen molar-refractivity contribution in [3.63, 3.8) is 0 Å². The van der Waals surface area contributed by atoms with Crippen LogP contribution in [0, 0.1) is 6.92 Å². The Morgan fingerprint density at radius 1 is 1.04 bits per heavy atom. The van der Waals surface area contributed by atoms with Crippen LogP contribution in [0.5, 0.6) is 0 Å². The van der Waals surface area contributed by atoms with Gasteiger partial charge in [-0.15, -0.1) is 0 Å². The molecule has 1 amide bonds. The van der Waals surface area contributed by atoms with Gasteiger partial charge in [0.2, 0.25) is 0 Å². The van der Waals surface area contributed by atoms with E-state index in [1.807, 2.05) is 0 Å². The van der Waals surface area contributed by atoms with E-state index in [4.69, 9.17) is 32.4 Å². The topological polar surface area (TPSA) is 68.5 Å². The van der Waals surface area contributed by atoms with Crippen LogP contribution in [-0.4, -0.2) is 18.5 Å². The lowest BCUT2D eigenvalue weighted by molar-refractivity contribution is 0.0526. The Labute approximate surface area is 172 Å². The summed E-state index contributed by atoms with van der Waals surface area (Å²) in [7, 11) is 0. The monoisotopic (exact) mass is 417 g/mol. The van der Waals surface area contributed by atoms with Gasteiger partial charge in [0.1, 0.15) is 11.5 Å². The molecule has 0 radical (unpaired) electrons. The van der Waals surface area contributed by atoms with Crippen LogP contribution in [0.3, 0.4) is 0 Å². The molecular formula is C21H17Cl2NO4. The number of nitrogens with one attached hydrogen (secondary N) is 1. The first kappa shape index (κ1) is 20.0. The van der Waals surface area contributed by atoms with E-state index < -0.39 is 5.97 Å². The molecule has 3 aromatic rings. The molecule has 5 nitrogen and oxygen atoms in total. The molecule has 0 saturated heterocycles. The second kappa shape index (κ2) is 8.50. The van der Waals surface area contributed by atoms with Gasteiger partial charge in [-0.2, -0.15) is 0 Å². The summed E-state index contributed by atoms with van der Waals surface area (Å²) in [4.78, 5) is 24.3. The van der Waals surface area contributed by atoms with Gasteiger partial charge in [-0.1, -0.05) is 23.2 Å². The summed E-state index contributed by atoms with van der Waals surface area (Å²) in [5.74, 6) is 0.259. The lowest BCUT2D eigenvalue weighted by Crippen LogP contribution is -2.12. The summed E-state index contributed by atoms with van der Waals surface area (Å²) in [6.07, 6.45) is 0. The third-order valence-electron chi connectivity index (χ3n) is 4.02. The minimum Gasteiger partial charge on any atom is -0.462 e. The number of rotatable bonds is 5. The second-order valence-corrected chi connectivity index (χ2v) is 6.78. The number of anilines is 1. The Kier molecular flexibility index (Phi) is 6.07. The Morgan fingerprint density at radius 3 is 2.39 bits per heavy atom. The van der Waals surface area contributed by atoms with E-state index in [9.17, 15) is 9.59 Å². The summed E-state index contributed by atoms with van der Waals surface area (Å²) >= 11 is 12.0. The standard InChI is InChI=1S/C21H17Cl2NO4/c1-3-27-21(26)13-4-7-15(8-5-13)24-20(25)16-11-19(28-12(16)2)14-6-9-17(22)18(23)10-14/h4-11H,3H2,1-2H3,(H,24,25). The Hall–Kier alpha value is -2.76. The summed E-state index contributed by atoms with van der Waals surface area (Å²) in [6, 6.07) is 13.2. The highest BCUT2D eigenvalue weighted by molar-refractivity contribution is 6.42. The number of amides is 1. The molecule has 28 heavy (non-hydrogen) atoms. The van der Waals surface area contributed by atoms with Gasteiger partial charge in [0.15, 0.2) is 0 Å². The van der Waals surface area contributed by atoms with E-state index in [0.29, 0.717) is 45.0 Å². The predicted molar refractivity (Wildman–Crippen MR) is 109 cm³/mol. The van der Waals surface area contributed by atoms with E-state index in [0.717, 1.165) is 5.56 Å². The van der Waals surface area contributed by atoms with Crippen LogP contribution in [0.1, 0.15) is 33.4 Å². The number of aryl methyl sites for hydroxylation is 1. The molecule has 0 aliphatic rings. The van der Waals surface area contributed by atoms with E-state index in [1.54, 1.807) is 62.4 Å². The molecule has 0 atom stereocenters. The molecule has 7 heteroatoms. The molecule has 144 valence electrons. The van der Waals surface area contributed by atoms with Gasteiger partial charge in [-0.3, -0.25) is 4.79 Å². The number of ether oxygens (including phenoxy) is 1. The summed E-state index contributed by atoms with van der Waals surface area (Å²) in [6.45, 7) is 3.75. The summed E-state index contributed by atoms with van der Waals surface area (Å²) in [5.41, 5.74) is 2.09. The minimum atomic E-state index is -0.405. The fourth-order valence-corrected chi connectivity index (χ4v) is 2.90. The van der Waals surface area contributed by atoms with Crippen LogP contribution < -0.4 is 5.32 Å². The maximum atomic E-state index is 12.6. The van der Waals surface area contributed by atoms with Crippen LogP contribution in [0.2, 0.25) is 10.0 Å². The fraction of sp³-hybridized carbons (Fsp3) is 0.143. The van der Waals surface area contributed by atoms with Gasteiger partial charge in [-0.05, 0) is 62.4 Å². The van der Waals surface area contributed by atoms with Crippen molar-refractivity contribution in [3.8, 4) is 11.3 Å². The molecule has 0 aliphatic carbocycles. The molecule has 0 fully saturated rings. The highest BCUT2D eigenvalue weighted by Gasteiger charge is 2.17. The van der Waals surface area contributed by atoms with Crippen molar-refractivity contribution in [1.29, 1.82) is 0 Å². The molecule has 0 bridgehead atoms. The molecule has 0 unspecified atom stereocenters. The van der Waals surface area contributed by atoms with Gasteiger partial charge in [0.05, 0.1) is 27.8 Å². The van der Waals surface area contributed by atoms with Crippen molar-refractivity contribution < 1.29 is 18.7 Å². The largest absolute Gasteiger partial charge is 0.462 e. The molecule has 1 aromatic heterocycles. The Morgan fingerprint density at radius 2 is 1.75 bits per heavy atom. The van der Waals surface area contributed by atoms with Crippen molar-refractivity contribution >= 4 is 40.8 Å². The lowest BCUT2D eigenvalue weighted by Gasteiger charge is -2.06. The van der Waals surface area contributed by atoms with E-state index in [2.05, 4.69) is 5.32 Å². The number of hydrogen-bond acceptors (Lipinski definition) is 4. The maximum absolute atomic E-state index is 12.6. The van der Waals surface area contributed by atoms with Crippen molar-refractivity contribution in [1.82, 2.24) is 0 Å². The fourth-order valence-electron chi connectivity index (χ4n) is 2.60. The number of esters is 1. The van der Waals surface area contributed by atoms with Gasteiger partial charge < -0.3 is 14.5 Å². The average Bonchev–Trinajstić information content (AvgIpc) is 3.06. The number of carbonyl (C=O) groups is 2. The third-order valence-corrected chi connectivity index (χ3v) is 4.76. The van der Waals surface area contributed by atoms with Crippen LogP contribution in [0.4, 0.5) is 5.69 Å². The van der Waals surface area contributed by atoms with Crippen molar-refractivity contribution in [3.05, 3.63) is 75.5 Å². The zero-order valence-corrected chi connectivity index (χ0v) is 16.7. The first-order valence-electron chi connectivity index (χ1n) is 8.53. The Balaban J connectivity index is 1.77. The molecule has 1 heterocycles. The number of furan rings is 1. The predicted octanol–water partition coefficient (Wildman–Crippen LogP) is 5.99. The first-order valence-corrected chi connectivity index (χ1v) is 9.29. The highest BCUT2D eigenvalue weighted by Crippen LogP contribution is 2.31. The zero-order valence-electron chi connectivity index (χ0n) is 15.2. The summed E-state index contributed by atoms with van der Waals surface area (Å²) < 4.78 is 10.6. The van der Waals surface area contributed by atoms with Crippen molar-refractivity contribution in [2.45, 2.75) is 13.8 Å². The quantitative estimate of drug-likeness (QED) is 0.517. The Bertz CT molecular complexity index is 1030. The van der Waals surface area contributed by atoms with Gasteiger partial charge in [-0.25, -0.2) is 4.79 Å². The SMILES string of the molecule is CCOC(=O)c1ccc(NC(=O)c2cc(-c3ccc(Cl)c(Cl)c3)oc2C)cc1. The average molecular weight is 418 g/mol. The lowest BCUT2D eigenvalue weighted by atomic mass is 10.1. The number of hydrogen-bond donors (Lipinski definition) is 1. The minimum absolute atomic E-state index is 0.304. The molecule has 0 spiro atoms. The van der Waals surface area contributed by atoms with Crippen molar-refractivity contribution in [2.24, 2.45) is 0 Å². The molecule has 2 aromatic carbocycles. The van der Waals surface area contributed by atoms with Crippen LogP contribution >= 0.6 is 23.2 Å². The van der Waals surface area contributed by atoms with E-state index >= 15 is 0 Å². The third kappa shape index (κ3) is 4.38. The van der Waals surface area contributed by atoms with E-state index in [-0.39, 0.29) is 5.91 Å². The number of benzene rings is 2. The molecule has 1 N–H and O–H groups in total. The van der Waals surface area contributed by atoms with Crippen molar-refractivity contribution in [2.75, 3.05) is 11.9 Å². The van der Waals surface area contributed by atoms with E-state index in [1.165, 1.54) is 0 Å². The van der Waals surface area contributed by atoms with Gasteiger partial charge in [0.25, 0.3) is 5.91 Å². The van der Waals surface area contributed by atoms with Crippen LogP contribution in [-0.2, 0) is 4.74 Å². The van der Waals surface area contributed by atoms with Gasteiger partial charge in [0, 0.05) is 11.3 Å². The number of carbonyl (C=O) groups excluding carboxylic acids is 2. The normalized spacial score (nSPS) is 10.6. The zero-order chi connectivity index (χ0) is 20.3. The number of halogens is 2. The maximum Gasteiger partial charge on any atom is 0.338 e. The van der Waals surface area contributed by atoms with Crippen LogP contribution in [0.25, 0.3) is 11.3 Å². The van der Waals surface area contributed by atoms with Crippen LogP contribution in [0.15, 0.2) is 52.9 Å². The first-order chi connectivity index (χ1) is 13.4. The molecular weight excluding hydrogens is 401 g/mol. The molecule has 0 saturated carbocycles. The smallest absolute Gasteiger partial charge is 0.338 e. The van der Waals surface area contributed by atoms with Gasteiger partial charge >= 0.3 is 5.97 Å².